The number of hydrogen-bond acceptors (Lipinski definition) is 3. The van der Waals surface area contributed by atoms with Gasteiger partial charge in [-0.05, 0) is 284 Å². The van der Waals surface area contributed by atoms with Crippen LogP contribution in [0.2, 0.25) is 0 Å². The summed E-state index contributed by atoms with van der Waals surface area (Å²) in [5, 5.41) is 25.8. The molecule has 3 aliphatic rings. The fraction of sp³-hybridized carbons (Fsp3) is 0.0643. The first-order chi connectivity index (χ1) is 70.3. The molecule has 29 rings (SSSR count). The molecule has 0 N–H and O–H groups in total. The van der Waals surface area contributed by atoms with Crippen LogP contribution in [0.25, 0.3) is 253 Å². The lowest BCUT2D eigenvalue weighted by molar-refractivity contribution is 0.660. The Hall–Kier alpha value is -17.6. The molecule has 0 fully saturated rings. The van der Waals surface area contributed by atoms with Gasteiger partial charge in [0.1, 0.15) is 0 Å². The molecule has 0 saturated carbocycles. The minimum atomic E-state index is -0.0888. The number of fused-ring (bicyclic) bond motifs is 20. The minimum absolute atomic E-state index is 0.0739. The van der Waals surface area contributed by atoms with Gasteiger partial charge < -0.3 is 0 Å². The highest BCUT2D eigenvalue weighted by Crippen LogP contribution is 2.60. The van der Waals surface area contributed by atoms with E-state index in [4.69, 9.17) is 15.0 Å². The molecule has 0 saturated heterocycles. The number of rotatable bonds is 9. The summed E-state index contributed by atoms with van der Waals surface area (Å²) in [7, 11) is 0. The maximum atomic E-state index is 5.28. The fourth-order valence-electron chi connectivity index (χ4n) is 25.1. The molecule has 0 unspecified atom stereocenters. The van der Waals surface area contributed by atoms with Gasteiger partial charge in [-0.25, -0.2) is 4.98 Å². The van der Waals surface area contributed by atoms with E-state index in [1.54, 1.807) is 0 Å². The zero-order chi connectivity index (χ0) is 95.5. The van der Waals surface area contributed by atoms with Gasteiger partial charge in [-0.15, -0.1) is 0 Å². The number of nitrogens with zero attached hydrogens (tertiary/aromatic N) is 3. The topological polar surface area (TPSA) is 38.7 Å². The van der Waals surface area contributed by atoms with Crippen molar-refractivity contribution in [2.24, 2.45) is 0 Å². The highest BCUT2D eigenvalue weighted by atomic mass is 14.7. The van der Waals surface area contributed by atoms with E-state index in [1.165, 1.54) is 258 Å². The quantitative estimate of drug-likeness (QED) is 0.135. The van der Waals surface area contributed by atoms with Crippen molar-refractivity contribution in [2.45, 2.75) is 57.8 Å². The predicted octanol–water partition coefficient (Wildman–Crippen LogP) is 37.9. The van der Waals surface area contributed by atoms with Crippen LogP contribution in [0.3, 0.4) is 0 Å². The Kier molecular flexibility index (Phi) is 19.7. The van der Waals surface area contributed by atoms with Gasteiger partial charge in [-0.2, -0.15) is 0 Å². The first kappa shape index (κ1) is 84.6. The van der Waals surface area contributed by atoms with Gasteiger partial charge in [0, 0.05) is 56.1 Å². The summed E-state index contributed by atoms with van der Waals surface area (Å²) in [5.41, 5.74) is 38.8. The van der Waals surface area contributed by atoms with E-state index >= 15 is 0 Å². The maximum absolute atomic E-state index is 5.28. The van der Waals surface area contributed by atoms with Crippen molar-refractivity contribution < 1.29 is 0 Å². The van der Waals surface area contributed by atoms with E-state index in [-0.39, 0.29) is 16.2 Å². The Morgan fingerprint density at radius 1 is 0.154 bits per heavy atom. The number of para-hydroxylation sites is 1. The first-order valence-electron chi connectivity index (χ1n) is 50.0. The van der Waals surface area contributed by atoms with Crippen LogP contribution < -0.4 is 0 Å². The normalized spacial score (nSPS) is 13.3. The monoisotopic (exact) mass is 1820 g/mol. The van der Waals surface area contributed by atoms with Crippen molar-refractivity contribution in [1.29, 1.82) is 0 Å². The zero-order valence-electron chi connectivity index (χ0n) is 80.5. The van der Waals surface area contributed by atoms with Crippen LogP contribution in [0, 0.1) is 0 Å². The van der Waals surface area contributed by atoms with Gasteiger partial charge in [0.25, 0.3) is 0 Å². The molecule has 3 heterocycles. The standard InChI is InChI=1S/2C48H33N.C44H31N/c1-48(2)41-22-9-8-19-38(41)46-39(21-12-23-42(46)48)45-35-17-6-7-18-36(35)47(44-28-26-31-14-4-10-24-43(31)49-44)37-27-25-32(29-40(37)45)34-20-11-15-30-13-3-5-16-33(30)34;1-48(2)42-23-10-9-20-39(42)45-40(22-12-24-43(45)48)44-36-18-7-8-19-37(36)46(47-35-17-6-4-14-31(35)27-28-49-47)38-26-25-32(29-41(38)44)34-21-11-15-30-13-3-5-16-33(30)34;1-44(2)38-21-8-7-18-35(38)42-36(20-12-22-39(42)44)41-32-16-5-6-17-33(32)43(40-23-9-10-26-45-40)34-25-24-29(27-37(34)41)31-19-11-14-28-13-3-4-15-30(28)31/h2*3-29H,1-2H3;3-27H,1-2H3. The molecular formula is C140H97N3. The third kappa shape index (κ3) is 13.4. The molecule has 3 aromatic heterocycles. The molecule has 143 heavy (non-hydrogen) atoms. The highest BCUT2D eigenvalue weighted by Gasteiger charge is 2.41. The highest BCUT2D eigenvalue weighted by molar-refractivity contribution is 6.28. The Labute approximate surface area is 832 Å². The third-order valence-electron chi connectivity index (χ3n) is 31.7. The zero-order valence-corrected chi connectivity index (χ0v) is 80.5. The van der Waals surface area contributed by atoms with Crippen molar-refractivity contribution >= 4 is 119 Å². The number of hydrogen-bond donors (Lipinski definition) is 0. The number of benzene rings is 23. The van der Waals surface area contributed by atoms with Crippen molar-refractivity contribution in [3.63, 3.8) is 0 Å². The van der Waals surface area contributed by atoms with Crippen LogP contribution in [-0.4, -0.2) is 15.0 Å². The molecule has 0 aliphatic heterocycles. The Morgan fingerprint density at radius 2 is 0.441 bits per heavy atom. The van der Waals surface area contributed by atoms with Gasteiger partial charge >= 0.3 is 0 Å². The summed E-state index contributed by atoms with van der Waals surface area (Å²) in [4.78, 5) is 15.3. The SMILES string of the molecule is CC1(C)c2ccccc2-c2c(-c3c4ccccc4c(-c4ccc5ccccc5n4)c4ccc(-c5cccc6ccccc56)cc34)cccc21.CC1(C)c2ccccc2-c2c(-c3c4ccccc4c(-c4ccccn4)c4ccc(-c5cccc6ccccc56)cc34)cccc21.CC1(C)c2ccccc2-c2c(-c3c4ccccc4c(-c4nccc5ccccc45)c4ccc(-c5cccc6ccccc56)cc34)cccc21. The van der Waals surface area contributed by atoms with Crippen molar-refractivity contribution in [3.05, 3.63) is 513 Å². The van der Waals surface area contributed by atoms with Crippen molar-refractivity contribution in [2.75, 3.05) is 0 Å². The van der Waals surface area contributed by atoms with Crippen LogP contribution >= 0.6 is 0 Å². The Balaban J connectivity index is 0.000000107. The molecule has 0 spiro atoms. The van der Waals surface area contributed by atoms with Crippen LogP contribution in [0.4, 0.5) is 0 Å². The summed E-state index contributed by atoms with van der Waals surface area (Å²) < 4.78 is 0. The number of aromatic nitrogens is 3. The summed E-state index contributed by atoms with van der Waals surface area (Å²) in [6.45, 7) is 14.2. The van der Waals surface area contributed by atoms with Crippen LogP contribution in [0.1, 0.15) is 74.9 Å². The molecule has 0 atom stereocenters. The van der Waals surface area contributed by atoms with Crippen LogP contribution in [-0.2, 0) is 16.2 Å². The van der Waals surface area contributed by atoms with Crippen LogP contribution in [0.15, 0.2) is 480 Å². The fourth-order valence-corrected chi connectivity index (χ4v) is 25.1. The lowest BCUT2D eigenvalue weighted by Crippen LogP contribution is -2.14. The second kappa shape index (κ2) is 33.3. The summed E-state index contributed by atoms with van der Waals surface area (Å²) in [6, 6.07) is 172. The smallest absolute Gasteiger partial charge is 0.0792 e. The maximum Gasteiger partial charge on any atom is 0.0792 e. The van der Waals surface area contributed by atoms with Crippen molar-refractivity contribution in [1.82, 2.24) is 15.0 Å². The van der Waals surface area contributed by atoms with E-state index in [0.717, 1.165) is 28.0 Å². The summed E-state index contributed by atoms with van der Waals surface area (Å²) in [5.74, 6) is 0. The summed E-state index contributed by atoms with van der Waals surface area (Å²) in [6.07, 6.45) is 3.86. The van der Waals surface area contributed by atoms with Gasteiger partial charge in [-0.3, -0.25) is 9.97 Å². The van der Waals surface area contributed by atoms with E-state index in [2.05, 4.69) is 503 Å². The Bertz CT molecular complexity index is 9810. The number of pyridine rings is 3. The predicted molar refractivity (Wildman–Crippen MR) is 607 cm³/mol. The van der Waals surface area contributed by atoms with Gasteiger partial charge in [0.05, 0.1) is 22.6 Å². The van der Waals surface area contributed by atoms with E-state index < -0.39 is 0 Å². The molecule has 3 aliphatic carbocycles. The third-order valence-corrected chi connectivity index (χ3v) is 31.7. The van der Waals surface area contributed by atoms with Gasteiger partial charge in [0.2, 0.25) is 0 Å². The second-order valence-corrected chi connectivity index (χ2v) is 40.4. The lowest BCUT2D eigenvalue weighted by atomic mass is 9.80. The molecule has 3 nitrogen and oxygen atoms in total. The average Bonchev–Trinajstić information content (AvgIpc) is 1.57. The first-order valence-corrected chi connectivity index (χ1v) is 50.0. The lowest BCUT2D eigenvalue weighted by Gasteiger charge is -2.23. The molecule has 0 amide bonds. The van der Waals surface area contributed by atoms with E-state index in [1.807, 2.05) is 18.5 Å². The molecular weight excluding hydrogens is 1720 g/mol. The van der Waals surface area contributed by atoms with Gasteiger partial charge in [-0.1, -0.05) is 460 Å². The molecule has 23 aromatic carbocycles. The largest absolute Gasteiger partial charge is 0.256 e. The molecule has 0 radical (unpaired) electrons. The van der Waals surface area contributed by atoms with Gasteiger partial charge in [0.15, 0.2) is 0 Å². The van der Waals surface area contributed by atoms with Crippen LogP contribution in [0.5, 0.6) is 0 Å². The average molecular weight is 1820 g/mol. The molecule has 3 heteroatoms. The summed E-state index contributed by atoms with van der Waals surface area (Å²) >= 11 is 0. The molecule has 0 bridgehead atoms. The Morgan fingerprint density at radius 3 is 0.846 bits per heavy atom. The molecule has 672 valence electrons. The minimum Gasteiger partial charge on any atom is -0.256 e. The second-order valence-electron chi connectivity index (χ2n) is 40.4. The van der Waals surface area contributed by atoms with E-state index in [9.17, 15) is 0 Å². The van der Waals surface area contributed by atoms with E-state index in [0.29, 0.717) is 0 Å². The molecule has 26 aromatic rings. The van der Waals surface area contributed by atoms with Crippen molar-refractivity contribution in [3.8, 4) is 134 Å².